The highest BCUT2D eigenvalue weighted by molar-refractivity contribution is 7.08. The molecule has 1 aliphatic carbocycles. The molecule has 1 aliphatic rings. The third-order valence-corrected chi connectivity index (χ3v) is 3.43. The largest absolute Gasteiger partial charge is 0.324 e. The fraction of sp³-hybridized carbons (Fsp3) is 0.500. The summed E-state index contributed by atoms with van der Waals surface area (Å²) < 4.78 is 0. The monoisotopic (exact) mass is 210 g/mol. The highest BCUT2D eigenvalue weighted by atomic mass is 32.1. The number of rotatable bonds is 3. The Hall–Kier alpha value is -0.870. The van der Waals surface area contributed by atoms with Crippen LogP contribution in [0.3, 0.4) is 0 Å². The molecule has 76 valence electrons. The number of thiophene rings is 1. The van der Waals surface area contributed by atoms with E-state index in [0.717, 1.165) is 18.5 Å². The molecule has 0 bridgehead atoms. The van der Waals surface area contributed by atoms with Crippen LogP contribution in [0.2, 0.25) is 0 Å². The maximum Gasteiger partial charge on any atom is 0.241 e. The summed E-state index contributed by atoms with van der Waals surface area (Å²) in [5.41, 5.74) is 6.69. The number of nitrogens with one attached hydrogen (secondary N) is 1. The van der Waals surface area contributed by atoms with Gasteiger partial charge >= 0.3 is 0 Å². The van der Waals surface area contributed by atoms with E-state index in [1.807, 2.05) is 16.8 Å². The van der Waals surface area contributed by atoms with E-state index in [2.05, 4.69) is 5.32 Å². The van der Waals surface area contributed by atoms with Crippen LogP contribution in [0.5, 0.6) is 0 Å². The highest BCUT2D eigenvalue weighted by Crippen LogP contribution is 2.29. The maximum absolute atomic E-state index is 11.6. The summed E-state index contributed by atoms with van der Waals surface area (Å²) in [4.78, 5) is 11.6. The first-order chi connectivity index (χ1) is 6.77. The number of hydrogen-bond acceptors (Lipinski definition) is 3. The Kier molecular flexibility index (Phi) is 2.84. The molecule has 14 heavy (non-hydrogen) atoms. The van der Waals surface area contributed by atoms with Crippen LogP contribution in [0.15, 0.2) is 16.8 Å². The van der Waals surface area contributed by atoms with E-state index in [1.165, 1.54) is 6.42 Å². The van der Waals surface area contributed by atoms with Crippen LogP contribution < -0.4 is 11.1 Å². The van der Waals surface area contributed by atoms with E-state index >= 15 is 0 Å². The molecule has 1 atom stereocenters. The van der Waals surface area contributed by atoms with Crippen LogP contribution in [0.1, 0.15) is 19.3 Å². The van der Waals surface area contributed by atoms with Crippen molar-refractivity contribution in [3.63, 3.8) is 0 Å². The Morgan fingerprint density at radius 2 is 2.43 bits per heavy atom. The molecule has 4 heteroatoms. The lowest BCUT2D eigenvalue weighted by Gasteiger charge is -2.30. The van der Waals surface area contributed by atoms with Gasteiger partial charge in [-0.2, -0.15) is 11.3 Å². The van der Waals surface area contributed by atoms with Crippen molar-refractivity contribution in [2.75, 3.05) is 5.32 Å². The van der Waals surface area contributed by atoms with Gasteiger partial charge in [-0.1, -0.05) is 6.42 Å². The van der Waals surface area contributed by atoms with E-state index in [4.69, 9.17) is 5.73 Å². The lowest BCUT2D eigenvalue weighted by molar-refractivity contribution is -0.119. The van der Waals surface area contributed by atoms with Gasteiger partial charge in [0.1, 0.15) is 0 Å². The minimum atomic E-state index is -0.330. The zero-order valence-corrected chi connectivity index (χ0v) is 8.72. The van der Waals surface area contributed by atoms with Gasteiger partial charge in [-0.05, 0) is 30.2 Å². The second-order valence-electron chi connectivity index (χ2n) is 3.72. The fourth-order valence-electron chi connectivity index (χ4n) is 1.57. The van der Waals surface area contributed by atoms with Gasteiger partial charge in [0.2, 0.25) is 5.91 Å². The average molecular weight is 210 g/mol. The molecule has 2 rings (SSSR count). The summed E-state index contributed by atoms with van der Waals surface area (Å²) in [5.74, 6) is 0.349. The van der Waals surface area contributed by atoms with Crippen LogP contribution in [0.25, 0.3) is 0 Å². The lowest BCUT2D eigenvalue weighted by Crippen LogP contribution is -2.44. The Labute approximate surface area is 87.3 Å². The first kappa shape index (κ1) is 9.68. The first-order valence-electron chi connectivity index (χ1n) is 4.86. The van der Waals surface area contributed by atoms with Crippen LogP contribution in [0.4, 0.5) is 5.69 Å². The van der Waals surface area contributed by atoms with Crippen molar-refractivity contribution in [2.45, 2.75) is 25.3 Å². The zero-order chi connectivity index (χ0) is 9.97. The molecular weight excluding hydrogens is 196 g/mol. The number of anilines is 1. The Bertz CT molecular complexity index is 306. The molecule has 0 spiro atoms. The maximum atomic E-state index is 11.6. The SMILES string of the molecule is NC(C(=O)Nc1ccsc1)C1CCC1. The normalized spacial score (nSPS) is 18.6. The van der Waals surface area contributed by atoms with Crippen molar-refractivity contribution in [3.05, 3.63) is 16.8 Å². The summed E-state index contributed by atoms with van der Waals surface area (Å²) in [5, 5.41) is 6.66. The van der Waals surface area contributed by atoms with Crippen molar-refractivity contribution in [1.82, 2.24) is 0 Å². The van der Waals surface area contributed by atoms with Crippen LogP contribution in [-0.2, 0) is 4.79 Å². The Morgan fingerprint density at radius 1 is 1.64 bits per heavy atom. The number of carbonyl (C=O) groups excluding carboxylic acids is 1. The standard InChI is InChI=1S/C10H14N2OS/c11-9(7-2-1-3-7)10(13)12-8-4-5-14-6-8/h4-7,9H,1-3,11H2,(H,12,13). The molecule has 1 heterocycles. The molecule has 1 unspecified atom stereocenters. The number of carbonyl (C=O) groups is 1. The van der Waals surface area contributed by atoms with Crippen LogP contribution in [0, 0.1) is 5.92 Å². The quantitative estimate of drug-likeness (QED) is 0.799. The molecule has 0 radical (unpaired) electrons. The number of nitrogens with two attached hydrogens (primary N) is 1. The molecular formula is C10H14N2OS. The van der Waals surface area contributed by atoms with Crippen LogP contribution in [-0.4, -0.2) is 11.9 Å². The summed E-state index contributed by atoms with van der Waals surface area (Å²) in [6.07, 6.45) is 3.40. The summed E-state index contributed by atoms with van der Waals surface area (Å²) in [6.45, 7) is 0. The molecule has 1 aromatic rings. The second-order valence-corrected chi connectivity index (χ2v) is 4.50. The van der Waals surface area contributed by atoms with Gasteiger partial charge < -0.3 is 11.1 Å². The Balaban J connectivity index is 1.88. The van der Waals surface area contributed by atoms with Gasteiger partial charge in [0.05, 0.1) is 11.7 Å². The molecule has 0 saturated heterocycles. The van der Waals surface area contributed by atoms with E-state index in [0.29, 0.717) is 5.92 Å². The van der Waals surface area contributed by atoms with E-state index in [1.54, 1.807) is 11.3 Å². The predicted molar refractivity (Wildman–Crippen MR) is 58.3 cm³/mol. The van der Waals surface area contributed by atoms with Crippen molar-refractivity contribution in [1.29, 1.82) is 0 Å². The van der Waals surface area contributed by atoms with Gasteiger partial charge in [-0.25, -0.2) is 0 Å². The third kappa shape index (κ3) is 1.96. The van der Waals surface area contributed by atoms with Gasteiger partial charge in [-0.15, -0.1) is 0 Å². The molecule has 3 N–H and O–H groups in total. The molecule has 3 nitrogen and oxygen atoms in total. The number of amides is 1. The van der Waals surface area contributed by atoms with Crippen LogP contribution >= 0.6 is 11.3 Å². The molecule has 1 amide bonds. The van der Waals surface area contributed by atoms with Crippen molar-refractivity contribution in [3.8, 4) is 0 Å². The zero-order valence-electron chi connectivity index (χ0n) is 7.90. The van der Waals surface area contributed by atoms with Crippen molar-refractivity contribution in [2.24, 2.45) is 11.7 Å². The molecule has 1 aromatic heterocycles. The summed E-state index contributed by atoms with van der Waals surface area (Å²) in [7, 11) is 0. The summed E-state index contributed by atoms with van der Waals surface area (Å²) >= 11 is 1.57. The van der Waals surface area contributed by atoms with Gasteiger partial charge in [0.25, 0.3) is 0 Å². The summed E-state index contributed by atoms with van der Waals surface area (Å²) in [6, 6.07) is 1.56. The molecule has 0 aliphatic heterocycles. The van der Waals surface area contributed by atoms with E-state index < -0.39 is 0 Å². The lowest BCUT2D eigenvalue weighted by atomic mass is 9.80. The molecule has 1 fully saturated rings. The van der Waals surface area contributed by atoms with Gasteiger partial charge in [-0.3, -0.25) is 4.79 Å². The van der Waals surface area contributed by atoms with E-state index in [-0.39, 0.29) is 11.9 Å². The predicted octanol–water partition coefficient (Wildman–Crippen LogP) is 1.81. The van der Waals surface area contributed by atoms with Crippen molar-refractivity contribution >= 4 is 22.9 Å². The number of hydrogen-bond donors (Lipinski definition) is 2. The molecule has 0 aromatic carbocycles. The topological polar surface area (TPSA) is 55.1 Å². The molecule has 1 saturated carbocycles. The highest BCUT2D eigenvalue weighted by Gasteiger charge is 2.29. The smallest absolute Gasteiger partial charge is 0.241 e. The first-order valence-corrected chi connectivity index (χ1v) is 5.80. The fourth-order valence-corrected chi connectivity index (χ4v) is 2.16. The van der Waals surface area contributed by atoms with Gasteiger partial charge in [0, 0.05) is 5.38 Å². The van der Waals surface area contributed by atoms with Gasteiger partial charge in [0.15, 0.2) is 0 Å². The average Bonchev–Trinajstić information content (AvgIpc) is 2.53. The van der Waals surface area contributed by atoms with Crippen molar-refractivity contribution < 1.29 is 4.79 Å². The third-order valence-electron chi connectivity index (χ3n) is 2.75. The van der Waals surface area contributed by atoms with E-state index in [9.17, 15) is 4.79 Å². The minimum Gasteiger partial charge on any atom is -0.324 e. The second kappa shape index (κ2) is 4.11. The minimum absolute atomic E-state index is 0.0481. The Morgan fingerprint density at radius 3 is 2.93 bits per heavy atom.